The Hall–Kier alpha value is -2.79. The maximum atomic E-state index is 13.3. The number of anilines is 1. The number of fused-ring (bicyclic) bond motifs is 1. The second-order valence-corrected chi connectivity index (χ2v) is 8.35. The summed E-state index contributed by atoms with van der Waals surface area (Å²) in [6, 6.07) is 15.1. The highest BCUT2D eigenvalue weighted by Crippen LogP contribution is 2.24. The lowest BCUT2D eigenvalue weighted by molar-refractivity contribution is 0.203. The number of thiocarbonyl (C=S) groups is 1. The van der Waals surface area contributed by atoms with E-state index >= 15 is 0 Å². The second kappa shape index (κ2) is 10.7. The van der Waals surface area contributed by atoms with Crippen molar-refractivity contribution in [2.45, 2.75) is 25.4 Å². The van der Waals surface area contributed by atoms with Gasteiger partial charge in [0, 0.05) is 32.2 Å². The number of nitrogens with one attached hydrogen (secondary N) is 1. The first-order valence-corrected chi connectivity index (χ1v) is 10.9. The molecule has 2 heterocycles. The lowest BCUT2D eigenvalue weighted by Crippen LogP contribution is -2.47. The first kappa shape index (κ1) is 23.9. The van der Waals surface area contributed by atoms with E-state index in [9.17, 15) is 4.39 Å². The number of hydrogen-bond acceptors (Lipinski definition) is 5. The van der Waals surface area contributed by atoms with E-state index < -0.39 is 0 Å². The number of piperidine rings is 1. The van der Waals surface area contributed by atoms with Crippen molar-refractivity contribution in [1.29, 1.82) is 0 Å². The summed E-state index contributed by atoms with van der Waals surface area (Å²) < 4.78 is 15.5. The van der Waals surface area contributed by atoms with E-state index in [-0.39, 0.29) is 16.4 Å². The molecular formula is C22H30FN7OS. The molecule has 0 atom stereocenters. The van der Waals surface area contributed by atoms with Gasteiger partial charge in [-0.2, -0.15) is 0 Å². The largest absolute Gasteiger partial charge is 0.412 e. The molecule has 0 amide bonds. The molecule has 0 spiro atoms. The summed E-state index contributed by atoms with van der Waals surface area (Å²) in [5, 5.41) is 5.28. The molecule has 1 fully saturated rings. The summed E-state index contributed by atoms with van der Waals surface area (Å²) in [5.74, 6) is 6.41. The molecule has 1 aliphatic rings. The Morgan fingerprint density at radius 3 is 2.53 bits per heavy atom. The lowest BCUT2D eigenvalue weighted by atomic mass is 10.1. The summed E-state index contributed by atoms with van der Waals surface area (Å²) in [7, 11) is 0. The summed E-state index contributed by atoms with van der Waals surface area (Å²) in [6.07, 6.45) is 2.02. The highest BCUT2D eigenvalue weighted by Gasteiger charge is 2.21. The SMILES string of the molecule is NC(=S)N(N)CCN1CCC(Nc2nc3ccccc3n2Cc2ccc(F)cc2)CC1.O. The first-order valence-electron chi connectivity index (χ1n) is 10.5. The Morgan fingerprint density at radius 2 is 1.84 bits per heavy atom. The van der Waals surface area contributed by atoms with Crippen LogP contribution in [0.15, 0.2) is 48.5 Å². The fourth-order valence-electron chi connectivity index (χ4n) is 3.96. The van der Waals surface area contributed by atoms with Crippen molar-refractivity contribution in [3.05, 3.63) is 59.9 Å². The molecule has 7 N–H and O–H groups in total. The summed E-state index contributed by atoms with van der Waals surface area (Å²) in [6.45, 7) is 4.04. The van der Waals surface area contributed by atoms with Gasteiger partial charge in [-0.1, -0.05) is 24.3 Å². The Kier molecular flexibility index (Phi) is 7.97. The highest BCUT2D eigenvalue weighted by molar-refractivity contribution is 7.80. The van der Waals surface area contributed by atoms with Crippen molar-refractivity contribution < 1.29 is 9.87 Å². The van der Waals surface area contributed by atoms with Gasteiger partial charge in [0.1, 0.15) is 5.82 Å². The minimum Gasteiger partial charge on any atom is -0.412 e. The standard InChI is InChI=1S/C22H28FN7S.H2O/c23-17-7-5-16(6-8-17)15-29-20-4-2-1-3-19(20)27-22(29)26-18-9-11-28(12-10-18)13-14-30(25)21(24)31;/h1-8,18H,9-15,25H2,(H2,24,31)(H,26,27);1H2. The van der Waals surface area contributed by atoms with Gasteiger partial charge in [0.25, 0.3) is 0 Å². The fraction of sp³-hybridized carbons (Fsp3) is 0.364. The van der Waals surface area contributed by atoms with Crippen LogP contribution in [0.1, 0.15) is 18.4 Å². The molecule has 4 rings (SSSR count). The van der Waals surface area contributed by atoms with E-state index in [0.717, 1.165) is 55.0 Å². The zero-order chi connectivity index (χ0) is 21.8. The number of nitrogens with two attached hydrogens (primary N) is 2. The van der Waals surface area contributed by atoms with Crippen LogP contribution in [0.25, 0.3) is 11.0 Å². The Labute approximate surface area is 192 Å². The number of imidazole rings is 1. The molecule has 32 heavy (non-hydrogen) atoms. The molecule has 1 saturated heterocycles. The quantitative estimate of drug-likeness (QED) is 0.279. The van der Waals surface area contributed by atoms with Crippen molar-refractivity contribution in [1.82, 2.24) is 19.5 Å². The maximum absolute atomic E-state index is 13.3. The van der Waals surface area contributed by atoms with Crippen LogP contribution >= 0.6 is 12.2 Å². The molecule has 10 heteroatoms. The van der Waals surface area contributed by atoms with E-state index in [1.54, 1.807) is 0 Å². The Balaban J connectivity index is 0.00000289. The maximum Gasteiger partial charge on any atom is 0.204 e. The molecule has 172 valence electrons. The lowest BCUT2D eigenvalue weighted by Gasteiger charge is -2.33. The van der Waals surface area contributed by atoms with E-state index in [1.165, 1.54) is 17.1 Å². The number of hydrazine groups is 1. The molecule has 0 aliphatic carbocycles. The molecule has 3 aromatic rings. The van der Waals surface area contributed by atoms with Crippen molar-refractivity contribution >= 4 is 34.3 Å². The van der Waals surface area contributed by atoms with Gasteiger partial charge in [0.2, 0.25) is 5.95 Å². The van der Waals surface area contributed by atoms with Crippen LogP contribution in [-0.2, 0) is 6.54 Å². The Morgan fingerprint density at radius 1 is 1.16 bits per heavy atom. The van der Waals surface area contributed by atoms with Crippen LogP contribution in [0, 0.1) is 5.82 Å². The fourth-order valence-corrected chi connectivity index (χ4v) is 4.05. The minimum absolute atomic E-state index is 0. The molecule has 8 nitrogen and oxygen atoms in total. The smallest absolute Gasteiger partial charge is 0.204 e. The van der Waals surface area contributed by atoms with E-state index in [0.29, 0.717) is 19.1 Å². The molecule has 0 unspecified atom stereocenters. The van der Waals surface area contributed by atoms with E-state index in [2.05, 4.69) is 20.9 Å². The number of rotatable bonds is 7. The summed E-state index contributed by atoms with van der Waals surface area (Å²) in [4.78, 5) is 7.20. The number of para-hydroxylation sites is 2. The number of halogens is 1. The van der Waals surface area contributed by atoms with E-state index in [1.807, 2.05) is 30.3 Å². The van der Waals surface area contributed by atoms with Crippen molar-refractivity contribution in [3.8, 4) is 0 Å². The van der Waals surface area contributed by atoms with Crippen molar-refractivity contribution in [3.63, 3.8) is 0 Å². The first-order chi connectivity index (χ1) is 15.0. The van der Waals surface area contributed by atoms with Gasteiger partial charge in [0.15, 0.2) is 5.11 Å². The normalized spacial score (nSPS) is 14.8. The third kappa shape index (κ3) is 5.71. The van der Waals surface area contributed by atoms with Crippen LogP contribution in [0.4, 0.5) is 10.3 Å². The van der Waals surface area contributed by atoms with Crippen LogP contribution in [0.2, 0.25) is 0 Å². The average Bonchev–Trinajstić information content (AvgIpc) is 3.11. The second-order valence-electron chi connectivity index (χ2n) is 7.93. The van der Waals surface area contributed by atoms with Crippen LogP contribution in [0.5, 0.6) is 0 Å². The Bertz CT molecular complexity index is 1030. The number of hydrogen-bond donors (Lipinski definition) is 3. The predicted molar refractivity (Wildman–Crippen MR) is 130 cm³/mol. The third-order valence-electron chi connectivity index (χ3n) is 5.77. The van der Waals surface area contributed by atoms with Gasteiger partial charge in [-0.15, -0.1) is 0 Å². The number of likely N-dealkylation sites (tertiary alicyclic amines) is 1. The zero-order valence-electron chi connectivity index (χ0n) is 17.9. The van der Waals surface area contributed by atoms with Crippen LogP contribution in [0.3, 0.4) is 0 Å². The van der Waals surface area contributed by atoms with Crippen LogP contribution < -0.4 is 16.9 Å². The molecule has 0 saturated carbocycles. The zero-order valence-corrected chi connectivity index (χ0v) is 18.7. The van der Waals surface area contributed by atoms with Gasteiger partial charge in [-0.05, 0) is 54.9 Å². The highest BCUT2D eigenvalue weighted by atomic mass is 32.1. The number of nitrogens with zero attached hydrogens (tertiary/aromatic N) is 4. The number of benzene rings is 2. The molecule has 0 bridgehead atoms. The van der Waals surface area contributed by atoms with Gasteiger partial charge in [-0.25, -0.2) is 15.2 Å². The molecule has 0 radical (unpaired) electrons. The summed E-state index contributed by atoms with van der Waals surface area (Å²) in [5.41, 5.74) is 8.59. The van der Waals surface area contributed by atoms with Crippen molar-refractivity contribution in [2.24, 2.45) is 11.6 Å². The van der Waals surface area contributed by atoms with Crippen molar-refractivity contribution in [2.75, 3.05) is 31.5 Å². The average molecular weight is 460 g/mol. The van der Waals surface area contributed by atoms with E-state index in [4.69, 9.17) is 28.8 Å². The van der Waals surface area contributed by atoms with Crippen LogP contribution in [-0.4, -0.2) is 62.3 Å². The molecular weight excluding hydrogens is 429 g/mol. The topological polar surface area (TPSA) is 120 Å². The van der Waals surface area contributed by atoms with Gasteiger partial charge < -0.3 is 26.0 Å². The molecule has 1 aliphatic heterocycles. The molecule has 2 aromatic carbocycles. The molecule has 1 aromatic heterocycles. The monoisotopic (exact) mass is 459 g/mol. The summed E-state index contributed by atoms with van der Waals surface area (Å²) >= 11 is 4.89. The third-order valence-corrected chi connectivity index (χ3v) is 6.00. The minimum atomic E-state index is -0.226. The van der Waals surface area contributed by atoms with Gasteiger partial charge >= 0.3 is 0 Å². The van der Waals surface area contributed by atoms with Gasteiger partial charge in [-0.3, -0.25) is 5.01 Å². The predicted octanol–water partition coefficient (Wildman–Crippen LogP) is 1.69. The van der Waals surface area contributed by atoms with Gasteiger partial charge in [0.05, 0.1) is 17.6 Å². The number of aromatic nitrogens is 2.